The summed E-state index contributed by atoms with van der Waals surface area (Å²) in [5.74, 6) is 0.776. The molecule has 1 fully saturated rings. The van der Waals surface area contributed by atoms with Crippen molar-refractivity contribution in [1.29, 1.82) is 0 Å². The number of aldehydes is 1. The monoisotopic (exact) mass is 412 g/mol. The Morgan fingerprint density at radius 2 is 1.87 bits per heavy atom. The van der Waals surface area contributed by atoms with Gasteiger partial charge in [-0.1, -0.05) is 61.5 Å². The average molecular weight is 413 g/mol. The van der Waals surface area contributed by atoms with Crippen molar-refractivity contribution in [2.75, 3.05) is 0 Å². The van der Waals surface area contributed by atoms with Crippen LogP contribution in [0.25, 0.3) is 10.9 Å². The number of piperidine rings is 1. The number of nitrogens with zero attached hydrogens (tertiary/aromatic N) is 2. The quantitative estimate of drug-likeness (QED) is 0.384. The second kappa shape index (κ2) is 8.12. The lowest BCUT2D eigenvalue weighted by Crippen LogP contribution is -2.55. The minimum atomic E-state index is 0.0371. The number of carbonyl (C=O) groups is 1. The molecule has 3 heterocycles. The molecule has 2 bridgehead atoms. The molecule has 0 radical (unpaired) electrons. The van der Waals surface area contributed by atoms with Crippen molar-refractivity contribution in [1.82, 2.24) is 9.47 Å². The molecular weight excluding hydrogens is 380 g/mol. The third-order valence-electron chi connectivity index (χ3n) is 7.94. The number of hydrogen-bond donors (Lipinski definition) is 0. The zero-order valence-corrected chi connectivity index (χ0v) is 18.6. The lowest BCUT2D eigenvalue weighted by Gasteiger charge is -2.53. The van der Waals surface area contributed by atoms with Crippen LogP contribution in [-0.4, -0.2) is 21.8 Å². The van der Waals surface area contributed by atoms with Gasteiger partial charge in [0.2, 0.25) is 0 Å². The SMILES string of the molecule is C=C[C@@H](CC)C1C[C@H]2c3c(c4ccccc4n3C)C[C@@H]([C@@H]1C=O)N2Cc1ccccc1. The third-order valence-corrected chi connectivity index (χ3v) is 7.94. The first kappa shape index (κ1) is 20.3. The normalized spacial score (nSPS) is 26.4. The Balaban J connectivity index is 1.66. The van der Waals surface area contributed by atoms with Crippen LogP contribution < -0.4 is 0 Å². The predicted octanol–water partition coefficient (Wildman–Crippen LogP) is 5.69. The van der Waals surface area contributed by atoms with Gasteiger partial charge in [0.15, 0.2) is 0 Å². The van der Waals surface area contributed by atoms with Crippen LogP contribution >= 0.6 is 0 Å². The van der Waals surface area contributed by atoms with E-state index in [2.05, 4.69) is 90.7 Å². The van der Waals surface area contributed by atoms with Crippen LogP contribution in [0, 0.1) is 17.8 Å². The molecule has 31 heavy (non-hydrogen) atoms. The summed E-state index contributed by atoms with van der Waals surface area (Å²) in [4.78, 5) is 15.1. The Kier molecular flexibility index (Phi) is 5.31. The summed E-state index contributed by atoms with van der Waals surface area (Å²) in [6.45, 7) is 7.23. The zero-order chi connectivity index (χ0) is 21.5. The van der Waals surface area contributed by atoms with Gasteiger partial charge >= 0.3 is 0 Å². The number of fused-ring (bicyclic) bond motifs is 6. The van der Waals surface area contributed by atoms with Gasteiger partial charge in [-0.15, -0.1) is 6.58 Å². The minimum absolute atomic E-state index is 0.0371. The van der Waals surface area contributed by atoms with Crippen LogP contribution in [0.3, 0.4) is 0 Å². The fourth-order valence-corrected chi connectivity index (χ4v) is 6.47. The average Bonchev–Trinajstić information content (AvgIpc) is 3.08. The molecule has 3 heteroatoms. The molecule has 3 nitrogen and oxygen atoms in total. The summed E-state index contributed by atoms with van der Waals surface area (Å²) >= 11 is 0. The van der Waals surface area contributed by atoms with Crippen molar-refractivity contribution in [2.24, 2.45) is 24.8 Å². The molecule has 1 saturated heterocycles. The Hall–Kier alpha value is -2.65. The standard InChI is InChI=1S/C28H32N2O/c1-4-20(5-2)22-15-27-28-23(21-13-9-10-14-25(21)29(28)3)16-26(24(22)18-31)30(27)17-19-11-7-6-8-12-19/h4,6-14,18,20,22,24,26-27H,1,5,15-17H2,2-3H3/t20-,22?,24+,26-,27-/m0/s1. The summed E-state index contributed by atoms with van der Waals surface area (Å²) < 4.78 is 2.41. The molecule has 0 saturated carbocycles. The number of carbonyl (C=O) groups excluding carboxylic acids is 1. The predicted molar refractivity (Wildman–Crippen MR) is 127 cm³/mol. The Morgan fingerprint density at radius 1 is 1.13 bits per heavy atom. The van der Waals surface area contributed by atoms with Crippen molar-refractivity contribution in [3.63, 3.8) is 0 Å². The van der Waals surface area contributed by atoms with Gasteiger partial charge in [-0.25, -0.2) is 0 Å². The summed E-state index contributed by atoms with van der Waals surface area (Å²) in [5.41, 5.74) is 5.52. The summed E-state index contributed by atoms with van der Waals surface area (Å²) in [5, 5.41) is 1.35. The smallest absolute Gasteiger partial charge is 0.124 e. The van der Waals surface area contributed by atoms with Gasteiger partial charge in [0.05, 0.1) is 6.04 Å². The van der Waals surface area contributed by atoms with Gasteiger partial charge in [-0.3, -0.25) is 4.90 Å². The zero-order valence-electron chi connectivity index (χ0n) is 18.6. The van der Waals surface area contributed by atoms with Crippen LogP contribution in [0.1, 0.15) is 42.6 Å². The second-order valence-corrected chi connectivity index (χ2v) is 9.31. The van der Waals surface area contributed by atoms with E-state index < -0.39 is 0 Å². The first-order chi connectivity index (χ1) is 15.2. The van der Waals surface area contributed by atoms with Crippen molar-refractivity contribution in [2.45, 2.75) is 44.8 Å². The van der Waals surface area contributed by atoms with Gasteiger partial charge in [0.1, 0.15) is 6.29 Å². The molecule has 0 N–H and O–H groups in total. The molecule has 2 aromatic carbocycles. The van der Waals surface area contributed by atoms with E-state index in [0.717, 1.165) is 25.8 Å². The van der Waals surface area contributed by atoms with E-state index in [1.165, 1.54) is 34.0 Å². The Bertz CT molecular complexity index is 1100. The highest BCUT2D eigenvalue weighted by atomic mass is 16.1. The highest BCUT2D eigenvalue weighted by molar-refractivity contribution is 5.86. The van der Waals surface area contributed by atoms with Crippen LogP contribution in [-0.2, 0) is 24.8 Å². The van der Waals surface area contributed by atoms with Gasteiger partial charge in [0, 0.05) is 42.1 Å². The van der Waals surface area contributed by atoms with Crippen molar-refractivity contribution < 1.29 is 4.79 Å². The van der Waals surface area contributed by atoms with Crippen molar-refractivity contribution >= 4 is 17.2 Å². The summed E-state index contributed by atoms with van der Waals surface area (Å²) in [6, 6.07) is 20.0. The number of aromatic nitrogens is 1. The molecule has 160 valence electrons. The number of rotatable bonds is 6. The first-order valence-corrected chi connectivity index (χ1v) is 11.6. The number of aryl methyl sites for hydroxylation is 1. The lowest BCUT2D eigenvalue weighted by atomic mass is 9.66. The Labute approximate surface area is 185 Å². The summed E-state index contributed by atoms with van der Waals surface area (Å²) in [6.07, 6.45) is 6.33. The maximum absolute atomic E-state index is 12.5. The number of allylic oxidation sites excluding steroid dienone is 1. The minimum Gasteiger partial charge on any atom is -0.346 e. The van der Waals surface area contributed by atoms with Crippen LogP contribution in [0.4, 0.5) is 0 Å². The van der Waals surface area contributed by atoms with E-state index >= 15 is 0 Å². The molecule has 3 aromatic rings. The molecule has 2 aliphatic heterocycles. The fraction of sp³-hybridized carbons (Fsp3) is 0.393. The van der Waals surface area contributed by atoms with E-state index in [4.69, 9.17) is 0 Å². The van der Waals surface area contributed by atoms with E-state index in [1.54, 1.807) is 0 Å². The molecule has 0 spiro atoms. The highest BCUT2D eigenvalue weighted by Gasteiger charge is 2.49. The molecule has 1 unspecified atom stereocenters. The largest absolute Gasteiger partial charge is 0.346 e. The van der Waals surface area contributed by atoms with Crippen molar-refractivity contribution in [3.05, 3.63) is 84.1 Å². The number of benzene rings is 2. The maximum atomic E-state index is 12.5. The number of para-hydroxylation sites is 1. The van der Waals surface area contributed by atoms with Gasteiger partial charge in [0.25, 0.3) is 0 Å². The van der Waals surface area contributed by atoms with E-state index in [9.17, 15) is 4.79 Å². The van der Waals surface area contributed by atoms with Crippen LogP contribution in [0.5, 0.6) is 0 Å². The number of hydrogen-bond acceptors (Lipinski definition) is 2. The molecule has 0 amide bonds. The van der Waals surface area contributed by atoms with Gasteiger partial charge < -0.3 is 9.36 Å². The highest BCUT2D eigenvalue weighted by Crippen LogP contribution is 2.51. The van der Waals surface area contributed by atoms with Crippen LogP contribution in [0.2, 0.25) is 0 Å². The van der Waals surface area contributed by atoms with Crippen LogP contribution in [0.15, 0.2) is 67.3 Å². The summed E-state index contributed by atoms with van der Waals surface area (Å²) in [7, 11) is 2.22. The Morgan fingerprint density at radius 3 is 2.58 bits per heavy atom. The lowest BCUT2D eigenvalue weighted by molar-refractivity contribution is -0.122. The topological polar surface area (TPSA) is 25.2 Å². The van der Waals surface area contributed by atoms with E-state index in [-0.39, 0.29) is 12.0 Å². The fourth-order valence-electron chi connectivity index (χ4n) is 6.47. The molecule has 1 aromatic heterocycles. The first-order valence-electron chi connectivity index (χ1n) is 11.6. The molecule has 5 atom stereocenters. The van der Waals surface area contributed by atoms with E-state index in [0.29, 0.717) is 17.9 Å². The third kappa shape index (κ3) is 3.18. The molecule has 5 rings (SSSR count). The van der Waals surface area contributed by atoms with Gasteiger partial charge in [-0.05, 0) is 48.3 Å². The van der Waals surface area contributed by atoms with Crippen molar-refractivity contribution in [3.8, 4) is 0 Å². The second-order valence-electron chi connectivity index (χ2n) is 9.31. The molecule has 0 aliphatic carbocycles. The molecular formula is C28H32N2O. The maximum Gasteiger partial charge on any atom is 0.124 e. The van der Waals surface area contributed by atoms with E-state index in [1.807, 2.05) is 0 Å². The van der Waals surface area contributed by atoms with Gasteiger partial charge in [-0.2, -0.15) is 0 Å². The molecule has 2 aliphatic rings.